The van der Waals surface area contributed by atoms with E-state index in [0.717, 1.165) is 0 Å². The number of aliphatic hydroxyl groups is 1. The summed E-state index contributed by atoms with van der Waals surface area (Å²) in [6.07, 6.45) is -0.0988. The van der Waals surface area contributed by atoms with Crippen molar-refractivity contribution >= 4 is 11.7 Å². The van der Waals surface area contributed by atoms with Crippen LogP contribution in [0, 0.1) is 5.92 Å². The quantitative estimate of drug-likeness (QED) is 0.727. The van der Waals surface area contributed by atoms with Crippen LogP contribution in [0.4, 0.5) is 23.7 Å². The molecule has 23 heavy (non-hydrogen) atoms. The molecule has 0 radical (unpaired) electrons. The highest BCUT2D eigenvalue weighted by atomic mass is 19.4. The van der Waals surface area contributed by atoms with Crippen molar-refractivity contribution in [1.82, 2.24) is 5.32 Å². The molecule has 1 aromatic carbocycles. The van der Waals surface area contributed by atoms with Crippen molar-refractivity contribution in [2.24, 2.45) is 5.92 Å². The van der Waals surface area contributed by atoms with Crippen LogP contribution in [-0.4, -0.2) is 36.6 Å². The van der Waals surface area contributed by atoms with Gasteiger partial charge in [0, 0.05) is 24.3 Å². The Morgan fingerprint density at radius 3 is 2.52 bits per heavy atom. The average Bonchev–Trinajstić information content (AvgIpc) is 2.93. The van der Waals surface area contributed by atoms with Gasteiger partial charge in [-0.25, -0.2) is 4.79 Å². The van der Waals surface area contributed by atoms with Crippen LogP contribution < -0.4 is 15.4 Å². The number of ether oxygens (including phenoxy) is 1. The van der Waals surface area contributed by atoms with Crippen LogP contribution in [0.1, 0.15) is 6.42 Å². The molecule has 0 aliphatic heterocycles. The third-order valence-corrected chi connectivity index (χ3v) is 3.24. The van der Waals surface area contributed by atoms with Crippen LogP contribution in [0.5, 0.6) is 5.75 Å². The molecule has 0 unspecified atom stereocenters. The number of anilines is 1. The largest absolute Gasteiger partial charge is 0.484 e. The van der Waals surface area contributed by atoms with Crippen molar-refractivity contribution in [2.45, 2.75) is 18.6 Å². The number of carbonyl (C=O) groups excluding carboxylic acids is 1. The molecule has 126 valence electrons. The minimum atomic E-state index is -4.39. The van der Waals surface area contributed by atoms with Gasteiger partial charge in [0.25, 0.3) is 0 Å². The highest BCUT2D eigenvalue weighted by Crippen LogP contribution is 2.20. The number of hydrogen-bond donors (Lipinski definition) is 3. The molecule has 8 heteroatoms. The normalized spacial score (nSPS) is 20.3. The van der Waals surface area contributed by atoms with Crippen molar-refractivity contribution in [3.8, 4) is 5.75 Å². The zero-order valence-corrected chi connectivity index (χ0v) is 12.1. The van der Waals surface area contributed by atoms with Crippen molar-refractivity contribution in [2.75, 3.05) is 18.5 Å². The summed E-state index contributed by atoms with van der Waals surface area (Å²) in [5.41, 5.74) is 0.433. The Bertz CT molecular complexity index is 558. The van der Waals surface area contributed by atoms with Crippen LogP contribution in [0.2, 0.25) is 0 Å². The Labute approximate surface area is 131 Å². The number of carbonyl (C=O) groups is 1. The van der Waals surface area contributed by atoms with Gasteiger partial charge in [0.15, 0.2) is 6.61 Å². The monoisotopic (exact) mass is 330 g/mol. The fourth-order valence-corrected chi connectivity index (χ4v) is 2.15. The number of urea groups is 1. The molecule has 1 aromatic rings. The summed E-state index contributed by atoms with van der Waals surface area (Å²) in [5, 5.41) is 14.3. The molecule has 2 amide bonds. The highest BCUT2D eigenvalue weighted by molar-refractivity contribution is 5.89. The molecule has 0 heterocycles. The van der Waals surface area contributed by atoms with Crippen molar-refractivity contribution < 1.29 is 27.8 Å². The first-order valence-electron chi connectivity index (χ1n) is 7.02. The van der Waals surface area contributed by atoms with E-state index in [1.165, 1.54) is 24.3 Å². The van der Waals surface area contributed by atoms with E-state index in [9.17, 15) is 18.0 Å². The number of rotatable bonds is 5. The molecular formula is C15H17F3N2O3. The first-order chi connectivity index (χ1) is 10.9. The van der Waals surface area contributed by atoms with Gasteiger partial charge in [-0.05, 0) is 30.7 Å². The third-order valence-electron chi connectivity index (χ3n) is 3.24. The molecule has 0 fully saturated rings. The molecule has 2 atom stereocenters. The molecule has 3 N–H and O–H groups in total. The van der Waals surface area contributed by atoms with E-state index in [1.54, 1.807) is 0 Å². The van der Waals surface area contributed by atoms with Crippen LogP contribution in [0.15, 0.2) is 36.4 Å². The van der Waals surface area contributed by atoms with Gasteiger partial charge >= 0.3 is 12.2 Å². The number of aliphatic hydroxyl groups excluding tert-OH is 1. The Balaban J connectivity index is 1.79. The predicted octanol–water partition coefficient (Wildman–Crippen LogP) is 2.69. The Morgan fingerprint density at radius 1 is 1.26 bits per heavy atom. The van der Waals surface area contributed by atoms with E-state index >= 15 is 0 Å². The zero-order valence-electron chi connectivity index (χ0n) is 12.1. The molecule has 1 aliphatic carbocycles. The maximum absolute atomic E-state index is 12.0. The fraction of sp³-hybridized carbons (Fsp3) is 0.400. The third kappa shape index (κ3) is 5.82. The summed E-state index contributed by atoms with van der Waals surface area (Å²) in [5.74, 6) is 0.114. The molecule has 0 saturated carbocycles. The Morgan fingerprint density at radius 2 is 1.96 bits per heavy atom. The molecule has 5 nitrogen and oxygen atoms in total. The second-order valence-corrected chi connectivity index (χ2v) is 5.20. The number of halogens is 3. The first kappa shape index (κ1) is 17.1. The lowest BCUT2D eigenvalue weighted by molar-refractivity contribution is -0.153. The van der Waals surface area contributed by atoms with Gasteiger partial charge in [0.2, 0.25) is 0 Å². The van der Waals surface area contributed by atoms with Gasteiger partial charge in [-0.2, -0.15) is 13.2 Å². The summed E-state index contributed by atoms with van der Waals surface area (Å²) in [6.45, 7) is -1.32. The van der Waals surface area contributed by atoms with Gasteiger partial charge in [0.1, 0.15) is 5.75 Å². The fourth-order valence-electron chi connectivity index (χ4n) is 2.15. The van der Waals surface area contributed by atoms with Crippen molar-refractivity contribution in [1.29, 1.82) is 0 Å². The Hall–Kier alpha value is -2.22. The second kappa shape index (κ2) is 7.36. The zero-order chi connectivity index (χ0) is 16.9. The van der Waals surface area contributed by atoms with Gasteiger partial charge in [-0.15, -0.1) is 0 Å². The van der Waals surface area contributed by atoms with Gasteiger partial charge in [-0.1, -0.05) is 12.2 Å². The minimum Gasteiger partial charge on any atom is -0.484 e. The minimum absolute atomic E-state index is 0.0374. The lowest BCUT2D eigenvalue weighted by atomic mass is 10.1. The van der Waals surface area contributed by atoms with E-state index in [0.29, 0.717) is 12.1 Å². The summed E-state index contributed by atoms with van der Waals surface area (Å²) < 4.78 is 40.7. The number of amides is 2. The molecule has 0 saturated heterocycles. The van der Waals surface area contributed by atoms with E-state index in [4.69, 9.17) is 5.11 Å². The Kier molecular flexibility index (Phi) is 5.49. The average molecular weight is 330 g/mol. The van der Waals surface area contributed by atoms with Crippen molar-refractivity contribution in [3.63, 3.8) is 0 Å². The lowest BCUT2D eigenvalue weighted by Gasteiger charge is -2.14. The maximum atomic E-state index is 12.0. The van der Waals surface area contributed by atoms with Crippen LogP contribution in [0.3, 0.4) is 0 Å². The molecule has 2 rings (SSSR count). The summed E-state index contributed by atoms with van der Waals surface area (Å²) in [7, 11) is 0. The van der Waals surface area contributed by atoms with Crippen molar-refractivity contribution in [3.05, 3.63) is 36.4 Å². The van der Waals surface area contributed by atoms with Crippen LogP contribution in [0.25, 0.3) is 0 Å². The summed E-state index contributed by atoms with van der Waals surface area (Å²) >= 11 is 0. The topological polar surface area (TPSA) is 70.6 Å². The van der Waals surface area contributed by atoms with E-state index in [-0.39, 0.29) is 24.3 Å². The molecular weight excluding hydrogens is 313 g/mol. The SMILES string of the molecule is O=C(Nc1ccc(OCC(F)(F)F)cc1)N[C@@H]1C=C[C@H](CO)C1. The van der Waals surface area contributed by atoms with Gasteiger partial charge in [0.05, 0.1) is 0 Å². The molecule has 0 bridgehead atoms. The maximum Gasteiger partial charge on any atom is 0.422 e. The number of alkyl halides is 3. The number of benzene rings is 1. The molecule has 0 aromatic heterocycles. The summed E-state index contributed by atoms with van der Waals surface area (Å²) in [6, 6.07) is 5.01. The number of nitrogens with one attached hydrogen (secondary N) is 2. The smallest absolute Gasteiger partial charge is 0.422 e. The van der Waals surface area contributed by atoms with Gasteiger partial charge < -0.3 is 20.5 Å². The highest BCUT2D eigenvalue weighted by Gasteiger charge is 2.28. The molecule has 0 spiro atoms. The first-order valence-corrected chi connectivity index (χ1v) is 7.02. The van der Waals surface area contributed by atoms with Gasteiger partial charge in [-0.3, -0.25) is 0 Å². The second-order valence-electron chi connectivity index (χ2n) is 5.20. The van der Waals surface area contributed by atoms with E-state index in [1.807, 2.05) is 12.2 Å². The van der Waals surface area contributed by atoms with E-state index in [2.05, 4.69) is 15.4 Å². The van der Waals surface area contributed by atoms with E-state index < -0.39 is 18.8 Å². The van der Waals surface area contributed by atoms with Crippen LogP contribution in [-0.2, 0) is 0 Å². The predicted molar refractivity (Wildman–Crippen MR) is 78.3 cm³/mol. The molecule has 1 aliphatic rings. The standard InChI is InChI=1S/C15H17F3N2O3/c16-15(17,18)9-23-13-5-3-11(4-6-13)19-14(22)20-12-2-1-10(7-12)8-21/h1-6,10,12,21H,7-9H2,(H2,19,20,22)/t10-,12+/m0/s1. The summed E-state index contributed by atoms with van der Waals surface area (Å²) in [4.78, 5) is 11.8. The lowest BCUT2D eigenvalue weighted by Crippen LogP contribution is -2.36. The van der Waals surface area contributed by atoms with Crippen LogP contribution >= 0.6 is 0 Å². The number of hydrogen-bond acceptors (Lipinski definition) is 3.